The topological polar surface area (TPSA) is 43.8 Å². The first-order chi connectivity index (χ1) is 10.4. The maximum Gasteiger partial charge on any atom is 0.227 e. The molecular formula is C17H25ClN2O2. The second kappa shape index (κ2) is 7.34. The van der Waals surface area contributed by atoms with Crippen LogP contribution in [0.4, 0.5) is 0 Å². The summed E-state index contributed by atoms with van der Waals surface area (Å²) in [5, 5.41) is 9.82. The number of hydrogen-bond acceptors (Lipinski definition) is 3. The van der Waals surface area contributed by atoms with Gasteiger partial charge in [-0.3, -0.25) is 4.79 Å². The quantitative estimate of drug-likeness (QED) is 0.926. The van der Waals surface area contributed by atoms with E-state index < -0.39 is 0 Å². The highest BCUT2D eigenvalue weighted by molar-refractivity contribution is 6.31. The van der Waals surface area contributed by atoms with Crippen LogP contribution in [0.5, 0.6) is 5.75 Å². The lowest BCUT2D eigenvalue weighted by Crippen LogP contribution is -2.50. The van der Waals surface area contributed by atoms with E-state index in [-0.39, 0.29) is 24.1 Å². The van der Waals surface area contributed by atoms with Gasteiger partial charge in [0.15, 0.2) is 0 Å². The molecular weight excluding hydrogens is 300 g/mol. The number of piperidine rings is 1. The molecule has 122 valence electrons. The maximum atomic E-state index is 12.5. The summed E-state index contributed by atoms with van der Waals surface area (Å²) in [6.45, 7) is 7.54. The van der Waals surface area contributed by atoms with Crippen LogP contribution in [0.15, 0.2) is 18.2 Å². The molecule has 22 heavy (non-hydrogen) atoms. The van der Waals surface area contributed by atoms with E-state index >= 15 is 0 Å². The molecule has 2 rings (SSSR count). The summed E-state index contributed by atoms with van der Waals surface area (Å²) < 4.78 is 0. The van der Waals surface area contributed by atoms with Gasteiger partial charge in [-0.15, -0.1) is 0 Å². The van der Waals surface area contributed by atoms with Crippen molar-refractivity contribution in [2.24, 2.45) is 5.92 Å². The van der Waals surface area contributed by atoms with Gasteiger partial charge < -0.3 is 14.9 Å². The molecule has 4 nitrogen and oxygen atoms in total. The Morgan fingerprint density at radius 2 is 2.23 bits per heavy atom. The third-order valence-electron chi connectivity index (χ3n) is 4.66. The zero-order valence-electron chi connectivity index (χ0n) is 13.6. The number of carbonyl (C=O) groups is 1. The smallest absolute Gasteiger partial charge is 0.227 e. The molecule has 0 spiro atoms. The number of phenols is 1. The van der Waals surface area contributed by atoms with Crippen molar-refractivity contribution in [3.05, 3.63) is 28.8 Å². The lowest BCUT2D eigenvalue weighted by molar-refractivity contribution is -0.133. The zero-order chi connectivity index (χ0) is 16.3. The normalized spacial score (nSPS) is 22.5. The third-order valence-corrected chi connectivity index (χ3v) is 5.01. The van der Waals surface area contributed by atoms with E-state index in [1.54, 1.807) is 12.1 Å². The maximum absolute atomic E-state index is 12.5. The molecule has 1 N–H and O–H groups in total. The highest BCUT2D eigenvalue weighted by Gasteiger charge is 2.30. The second-order valence-electron chi connectivity index (χ2n) is 6.18. The number of amides is 1. The fourth-order valence-corrected chi connectivity index (χ4v) is 3.48. The van der Waals surface area contributed by atoms with Gasteiger partial charge in [0.1, 0.15) is 5.75 Å². The van der Waals surface area contributed by atoms with E-state index in [2.05, 4.69) is 18.7 Å². The van der Waals surface area contributed by atoms with Crippen LogP contribution in [-0.2, 0) is 11.2 Å². The predicted molar refractivity (Wildman–Crippen MR) is 89.3 cm³/mol. The number of benzene rings is 1. The highest BCUT2D eigenvalue weighted by Crippen LogP contribution is 2.25. The average Bonchev–Trinajstić information content (AvgIpc) is 2.49. The summed E-state index contributed by atoms with van der Waals surface area (Å²) in [6.07, 6.45) is 1.29. The third kappa shape index (κ3) is 3.93. The molecule has 0 radical (unpaired) electrons. The van der Waals surface area contributed by atoms with E-state index in [4.69, 9.17) is 11.6 Å². The van der Waals surface area contributed by atoms with Crippen molar-refractivity contribution in [2.75, 3.05) is 26.7 Å². The van der Waals surface area contributed by atoms with Gasteiger partial charge in [-0.2, -0.15) is 0 Å². The molecule has 1 amide bonds. The van der Waals surface area contributed by atoms with Gasteiger partial charge in [-0.05, 0) is 36.6 Å². The minimum atomic E-state index is 0.0781. The van der Waals surface area contributed by atoms with E-state index in [1.165, 1.54) is 6.07 Å². The minimum Gasteiger partial charge on any atom is -0.508 e. The van der Waals surface area contributed by atoms with Gasteiger partial charge in [0.25, 0.3) is 0 Å². The number of phenolic OH excluding ortho intramolecular Hbond substituents is 1. The monoisotopic (exact) mass is 324 g/mol. The fraction of sp³-hybridized carbons (Fsp3) is 0.588. The van der Waals surface area contributed by atoms with E-state index in [0.29, 0.717) is 10.9 Å². The molecule has 0 aliphatic carbocycles. The molecule has 5 heteroatoms. The van der Waals surface area contributed by atoms with Crippen molar-refractivity contribution in [3.63, 3.8) is 0 Å². The van der Waals surface area contributed by atoms with Crippen molar-refractivity contribution < 1.29 is 9.90 Å². The van der Waals surface area contributed by atoms with Crippen LogP contribution >= 0.6 is 11.6 Å². The first kappa shape index (κ1) is 17.1. The SMILES string of the molecule is CCN1CCC(N(C)C(=O)Cc2ccc(O)cc2Cl)C(C)C1. The van der Waals surface area contributed by atoms with Crippen molar-refractivity contribution in [1.29, 1.82) is 0 Å². The van der Waals surface area contributed by atoms with Gasteiger partial charge in [0.05, 0.1) is 6.42 Å². The molecule has 1 heterocycles. The molecule has 1 aliphatic heterocycles. The van der Waals surface area contributed by atoms with Crippen LogP contribution in [0, 0.1) is 5.92 Å². The van der Waals surface area contributed by atoms with E-state index in [9.17, 15) is 9.90 Å². The minimum absolute atomic E-state index is 0.0781. The summed E-state index contributed by atoms with van der Waals surface area (Å²) in [5.74, 6) is 0.669. The Morgan fingerprint density at radius 3 is 2.82 bits per heavy atom. The summed E-state index contributed by atoms with van der Waals surface area (Å²) >= 11 is 6.09. The Balaban J connectivity index is 2.00. The summed E-state index contributed by atoms with van der Waals surface area (Å²) in [5.41, 5.74) is 0.759. The van der Waals surface area contributed by atoms with E-state index in [1.807, 2.05) is 11.9 Å². The highest BCUT2D eigenvalue weighted by atomic mass is 35.5. The molecule has 1 fully saturated rings. The summed E-state index contributed by atoms with van der Waals surface area (Å²) in [6, 6.07) is 5.04. The Labute approximate surface area is 137 Å². The second-order valence-corrected chi connectivity index (χ2v) is 6.59. The van der Waals surface area contributed by atoms with Gasteiger partial charge in [-0.25, -0.2) is 0 Å². The fourth-order valence-electron chi connectivity index (χ4n) is 3.23. The predicted octanol–water partition coefficient (Wildman–Crippen LogP) is 2.78. The number of halogens is 1. The van der Waals surface area contributed by atoms with Gasteiger partial charge >= 0.3 is 0 Å². The van der Waals surface area contributed by atoms with Crippen molar-refractivity contribution in [3.8, 4) is 5.75 Å². The molecule has 0 bridgehead atoms. The Bertz CT molecular complexity index is 535. The molecule has 1 aromatic carbocycles. The number of likely N-dealkylation sites (N-methyl/N-ethyl adjacent to an activating group) is 1. The number of hydrogen-bond donors (Lipinski definition) is 1. The molecule has 2 unspecified atom stereocenters. The molecule has 0 saturated carbocycles. The van der Waals surface area contributed by atoms with Crippen LogP contribution in [0.2, 0.25) is 5.02 Å². The molecule has 1 aliphatic rings. The lowest BCUT2D eigenvalue weighted by atomic mass is 9.92. The van der Waals surface area contributed by atoms with Gasteiger partial charge in [-0.1, -0.05) is 31.5 Å². The Morgan fingerprint density at radius 1 is 1.50 bits per heavy atom. The summed E-state index contributed by atoms with van der Waals surface area (Å²) in [4.78, 5) is 16.8. The van der Waals surface area contributed by atoms with Crippen LogP contribution in [0.25, 0.3) is 0 Å². The standard InChI is InChI=1S/C17H25ClN2O2/c1-4-20-8-7-16(12(2)11-20)19(3)17(22)9-13-5-6-14(21)10-15(13)18/h5-6,10,12,16,21H,4,7-9,11H2,1-3H3. The van der Waals surface area contributed by atoms with E-state index in [0.717, 1.165) is 31.6 Å². The Kier molecular flexibility index (Phi) is 5.70. The van der Waals surface area contributed by atoms with Crippen molar-refractivity contribution in [2.45, 2.75) is 32.7 Å². The van der Waals surface area contributed by atoms with Crippen LogP contribution in [-0.4, -0.2) is 53.5 Å². The van der Waals surface area contributed by atoms with Crippen molar-refractivity contribution >= 4 is 17.5 Å². The number of aromatic hydroxyl groups is 1. The molecule has 1 saturated heterocycles. The Hall–Kier alpha value is -1.26. The van der Waals surface area contributed by atoms with Crippen LogP contribution in [0.1, 0.15) is 25.8 Å². The van der Waals surface area contributed by atoms with Crippen molar-refractivity contribution in [1.82, 2.24) is 9.80 Å². The number of nitrogens with zero attached hydrogens (tertiary/aromatic N) is 2. The largest absolute Gasteiger partial charge is 0.508 e. The molecule has 2 atom stereocenters. The lowest BCUT2D eigenvalue weighted by Gasteiger charge is -2.41. The molecule has 0 aromatic heterocycles. The zero-order valence-corrected chi connectivity index (χ0v) is 14.3. The first-order valence-electron chi connectivity index (χ1n) is 7.87. The van der Waals surface area contributed by atoms with Crippen LogP contribution in [0.3, 0.4) is 0 Å². The first-order valence-corrected chi connectivity index (χ1v) is 8.25. The number of carbonyl (C=O) groups excluding carboxylic acids is 1. The summed E-state index contributed by atoms with van der Waals surface area (Å²) in [7, 11) is 1.89. The van der Waals surface area contributed by atoms with Gasteiger partial charge in [0.2, 0.25) is 5.91 Å². The van der Waals surface area contributed by atoms with Crippen LogP contribution < -0.4 is 0 Å². The van der Waals surface area contributed by atoms with Gasteiger partial charge in [0, 0.05) is 31.2 Å². The molecule has 1 aromatic rings. The number of rotatable bonds is 4. The average molecular weight is 325 g/mol. The number of likely N-dealkylation sites (tertiary alicyclic amines) is 1.